The van der Waals surface area contributed by atoms with Crippen molar-refractivity contribution in [3.63, 3.8) is 0 Å². The van der Waals surface area contributed by atoms with Gasteiger partial charge >= 0.3 is 0 Å². The number of nitrogens with zero attached hydrogens (tertiary/aromatic N) is 3. The largest absolute Gasteiger partial charge is 0.378 e. The number of aromatic nitrogens is 4. The van der Waals surface area contributed by atoms with Crippen LogP contribution in [-0.2, 0) is 11.2 Å². The molecular weight excluding hydrogens is 366 g/mol. The van der Waals surface area contributed by atoms with Crippen LogP contribution in [0.15, 0.2) is 11.0 Å². The zero-order valence-corrected chi connectivity index (χ0v) is 16.3. The highest BCUT2D eigenvalue weighted by Crippen LogP contribution is 2.38. The Morgan fingerprint density at radius 1 is 1.32 bits per heavy atom. The van der Waals surface area contributed by atoms with E-state index in [1.165, 1.54) is 6.20 Å². The van der Waals surface area contributed by atoms with Gasteiger partial charge in [0.1, 0.15) is 11.2 Å². The molecule has 1 saturated heterocycles. The van der Waals surface area contributed by atoms with E-state index >= 15 is 0 Å². The zero-order chi connectivity index (χ0) is 19.7. The Morgan fingerprint density at radius 2 is 2.11 bits per heavy atom. The number of nitrogens with one attached hydrogen (secondary N) is 1. The fraction of sp³-hybridized carbons (Fsp3) is 0.750. The Kier molecular flexibility index (Phi) is 5.49. The third kappa shape index (κ3) is 3.97. The topological polar surface area (TPSA) is 72.8 Å². The van der Waals surface area contributed by atoms with Gasteiger partial charge in [0.05, 0.1) is 18.3 Å². The van der Waals surface area contributed by atoms with E-state index in [9.17, 15) is 13.6 Å². The lowest BCUT2D eigenvalue weighted by atomic mass is 9.88. The lowest BCUT2D eigenvalue weighted by Gasteiger charge is -2.31. The quantitative estimate of drug-likeness (QED) is 0.832. The van der Waals surface area contributed by atoms with Gasteiger partial charge in [-0.05, 0) is 38.0 Å². The number of H-pyrrole nitrogens is 1. The minimum absolute atomic E-state index is 0.134. The van der Waals surface area contributed by atoms with Gasteiger partial charge in [-0.1, -0.05) is 13.3 Å². The number of ether oxygens (including phenoxy) is 1. The second-order valence-electron chi connectivity index (χ2n) is 8.23. The van der Waals surface area contributed by atoms with Crippen LogP contribution in [0.2, 0.25) is 0 Å². The number of fused-ring (bicyclic) bond motifs is 1. The van der Waals surface area contributed by atoms with Crippen molar-refractivity contribution in [2.24, 2.45) is 5.92 Å². The molecule has 1 aliphatic heterocycles. The first-order valence-corrected chi connectivity index (χ1v) is 10.4. The molecule has 3 heterocycles. The third-order valence-electron chi connectivity index (χ3n) is 6.15. The molecule has 8 heteroatoms. The molecule has 1 aliphatic carbocycles. The van der Waals surface area contributed by atoms with Gasteiger partial charge in [0.15, 0.2) is 5.65 Å². The number of halogens is 2. The SMILES string of the molecule is CCCC1OCCCC1Cc1nc2c(cnn2C2CCC(F)(F)CC2)c(=O)[nH]1. The summed E-state index contributed by atoms with van der Waals surface area (Å²) in [7, 11) is 0. The molecule has 0 aromatic carbocycles. The fourth-order valence-corrected chi connectivity index (χ4v) is 4.60. The molecule has 1 saturated carbocycles. The predicted molar refractivity (Wildman–Crippen MR) is 102 cm³/mol. The summed E-state index contributed by atoms with van der Waals surface area (Å²) >= 11 is 0. The van der Waals surface area contributed by atoms with Gasteiger partial charge in [0, 0.05) is 25.9 Å². The second kappa shape index (κ2) is 7.89. The minimum Gasteiger partial charge on any atom is -0.378 e. The minimum atomic E-state index is -2.59. The van der Waals surface area contributed by atoms with E-state index < -0.39 is 5.92 Å². The highest BCUT2D eigenvalue weighted by molar-refractivity contribution is 5.73. The van der Waals surface area contributed by atoms with Crippen LogP contribution < -0.4 is 5.56 Å². The van der Waals surface area contributed by atoms with Crippen molar-refractivity contribution >= 4 is 11.0 Å². The molecule has 1 N–H and O–H groups in total. The van der Waals surface area contributed by atoms with Crippen molar-refractivity contribution < 1.29 is 13.5 Å². The van der Waals surface area contributed by atoms with Gasteiger partial charge in [-0.25, -0.2) is 18.4 Å². The molecule has 2 unspecified atom stereocenters. The summed E-state index contributed by atoms with van der Waals surface area (Å²) < 4.78 is 34.6. The highest BCUT2D eigenvalue weighted by Gasteiger charge is 2.36. The van der Waals surface area contributed by atoms with Crippen LogP contribution in [-0.4, -0.2) is 38.4 Å². The summed E-state index contributed by atoms with van der Waals surface area (Å²) in [5, 5.41) is 4.75. The number of rotatable bonds is 5. The zero-order valence-electron chi connectivity index (χ0n) is 16.3. The molecular formula is C20H28F2N4O2. The first kappa shape index (κ1) is 19.5. The van der Waals surface area contributed by atoms with Crippen LogP contribution in [0, 0.1) is 5.92 Å². The summed E-state index contributed by atoms with van der Waals surface area (Å²) in [5.74, 6) is -1.62. The number of aromatic amines is 1. The van der Waals surface area contributed by atoms with Crippen molar-refractivity contribution in [3.05, 3.63) is 22.4 Å². The Morgan fingerprint density at radius 3 is 2.86 bits per heavy atom. The summed E-state index contributed by atoms with van der Waals surface area (Å²) in [6.45, 7) is 2.94. The van der Waals surface area contributed by atoms with Crippen molar-refractivity contribution in [2.75, 3.05) is 6.61 Å². The average Bonchev–Trinajstić information content (AvgIpc) is 3.08. The van der Waals surface area contributed by atoms with Crippen molar-refractivity contribution in [1.82, 2.24) is 19.7 Å². The molecule has 2 fully saturated rings. The molecule has 0 radical (unpaired) electrons. The van der Waals surface area contributed by atoms with Gasteiger partial charge in [-0.2, -0.15) is 5.10 Å². The molecule has 0 spiro atoms. The van der Waals surface area contributed by atoms with Crippen LogP contribution >= 0.6 is 0 Å². The van der Waals surface area contributed by atoms with Gasteiger partial charge in [-0.15, -0.1) is 0 Å². The monoisotopic (exact) mass is 394 g/mol. The maximum atomic E-state index is 13.5. The van der Waals surface area contributed by atoms with Gasteiger partial charge < -0.3 is 9.72 Å². The Hall–Kier alpha value is -1.83. The van der Waals surface area contributed by atoms with Crippen molar-refractivity contribution in [2.45, 2.75) is 82.8 Å². The Balaban J connectivity index is 1.59. The standard InChI is InChI=1S/C20H28F2N4O2/c1-2-4-16-13(5-3-10-28-16)11-17-24-18-15(19(27)25-17)12-23-26(18)14-6-8-20(21,22)9-7-14/h12-14,16H,2-11H2,1H3,(H,24,25,27). The van der Waals surface area contributed by atoms with E-state index in [1.54, 1.807) is 4.68 Å². The highest BCUT2D eigenvalue weighted by atomic mass is 19.3. The van der Waals surface area contributed by atoms with E-state index in [1.807, 2.05) is 0 Å². The van der Waals surface area contributed by atoms with Crippen LogP contribution in [0.25, 0.3) is 11.0 Å². The number of hydrogen-bond acceptors (Lipinski definition) is 4. The molecule has 2 atom stereocenters. The number of hydrogen-bond donors (Lipinski definition) is 1. The summed E-state index contributed by atoms with van der Waals surface area (Å²) in [5.41, 5.74) is 0.300. The van der Waals surface area contributed by atoms with E-state index in [4.69, 9.17) is 9.72 Å². The fourth-order valence-electron chi connectivity index (χ4n) is 4.60. The maximum Gasteiger partial charge on any atom is 0.262 e. The summed E-state index contributed by atoms with van der Waals surface area (Å²) in [4.78, 5) is 20.1. The van der Waals surface area contributed by atoms with Crippen molar-refractivity contribution in [3.8, 4) is 0 Å². The maximum absolute atomic E-state index is 13.5. The normalized spacial score (nSPS) is 26.0. The Labute approximate surface area is 162 Å². The molecule has 28 heavy (non-hydrogen) atoms. The predicted octanol–water partition coefficient (Wildman–Crippen LogP) is 4.01. The first-order chi connectivity index (χ1) is 13.5. The van der Waals surface area contributed by atoms with Crippen LogP contribution in [0.4, 0.5) is 8.78 Å². The Bertz CT molecular complexity index is 867. The number of alkyl halides is 2. The average molecular weight is 394 g/mol. The smallest absolute Gasteiger partial charge is 0.262 e. The molecule has 6 nitrogen and oxygen atoms in total. The molecule has 4 rings (SSSR count). The third-order valence-corrected chi connectivity index (χ3v) is 6.15. The van der Waals surface area contributed by atoms with E-state index in [0.29, 0.717) is 42.0 Å². The van der Waals surface area contributed by atoms with Crippen LogP contribution in [0.5, 0.6) is 0 Å². The molecule has 154 valence electrons. The van der Waals surface area contributed by atoms with Gasteiger partial charge in [0.2, 0.25) is 5.92 Å². The summed E-state index contributed by atoms with van der Waals surface area (Å²) in [6.07, 6.45) is 6.91. The van der Waals surface area contributed by atoms with E-state index in [-0.39, 0.29) is 30.5 Å². The lowest BCUT2D eigenvalue weighted by molar-refractivity contribution is -0.0446. The molecule has 2 aliphatic rings. The van der Waals surface area contributed by atoms with Crippen LogP contribution in [0.1, 0.15) is 70.2 Å². The van der Waals surface area contributed by atoms with Gasteiger partial charge in [0.25, 0.3) is 5.56 Å². The molecule has 2 aromatic heterocycles. The second-order valence-corrected chi connectivity index (χ2v) is 8.23. The van der Waals surface area contributed by atoms with Crippen LogP contribution in [0.3, 0.4) is 0 Å². The first-order valence-electron chi connectivity index (χ1n) is 10.4. The van der Waals surface area contributed by atoms with Crippen molar-refractivity contribution in [1.29, 1.82) is 0 Å². The lowest BCUT2D eigenvalue weighted by Crippen LogP contribution is -2.32. The van der Waals surface area contributed by atoms with Gasteiger partial charge in [-0.3, -0.25) is 4.79 Å². The van der Waals surface area contributed by atoms with E-state index in [0.717, 1.165) is 32.3 Å². The molecule has 0 bridgehead atoms. The van der Waals surface area contributed by atoms with E-state index in [2.05, 4.69) is 17.0 Å². The molecule has 0 amide bonds. The molecule has 2 aromatic rings. The summed E-state index contributed by atoms with van der Waals surface area (Å²) in [6, 6.07) is -0.134.